The molecule has 0 atom stereocenters. The Morgan fingerprint density at radius 1 is 0.727 bits per heavy atom. The van der Waals surface area contributed by atoms with E-state index < -0.39 is 37.1 Å². The number of hydrogen-bond acceptors (Lipinski definition) is 8. The number of ether oxygens (including phenoxy) is 4. The molecule has 0 aromatic carbocycles. The molecular weight excluding hydrogens is 296 g/mol. The molecule has 0 N–H and O–H groups in total. The molecule has 0 amide bonds. The fraction of sp³-hybridized carbons (Fsp3) is 0.714. The first-order valence-corrected chi connectivity index (χ1v) is 7.02. The Bertz CT molecular complexity index is 383. The minimum atomic E-state index is -0.592. The molecule has 124 valence electrons. The Morgan fingerprint density at radius 2 is 1.05 bits per heavy atom. The first-order chi connectivity index (χ1) is 10.4. The molecule has 1 fully saturated rings. The summed E-state index contributed by atoms with van der Waals surface area (Å²) in [6.07, 6.45) is 1.67. The van der Waals surface area contributed by atoms with Crippen molar-refractivity contribution in [1.82, 2.24) is 0 Å². The molecule has 8 nitrogen and oxygen atoms in total. The van der Waals surface area contributed by atoms with Gasteiger partial charge in [0.05, 0.1) is 0 Å². The van der Waals surface area contributed by atoms with E-state index in [0.717, 1.165) is 0 Å². The molecule has 0 aliphatic heterocycles. The normalized spacial score (nSPS) is 20.6. The van der Waals surface area contributed by atoms with E-state index in [1.165, 1.54) is 13.8 Å². The predicted molar refractivity (Wildman–Crippen MR) is 71.5 cm³/mol. The summed E-state index contributed by atoms with van der Waals surface area (Å²) < 4.78 is 19.4. The summed E-state index contributed by atoms with van der Waals surface area (Å²) in [5, 5.41) is 0. The molecule has 0 heterocycles. The molecule has 1 aliphatic rings. The standard InChI is InChI=1S/C14H20O8/c1-9(15)19-7-13(17)21-11-3-5-12(6-4-11)22-14(18)8-20-10(2)16/h11-12H,3-8H2,1-2H3. The van der Waals surface area contributed by atoms with Crippen LogP contribution < -0.4 is 0 Å². The molecule has 0 spiro atoms. The van der Waals surface area contributed by atoms with E-state index in [9.17, 15) is 19.2 Å². The van der Waals surface area contributed by atoms with Crippen LogP contribution in [0.2, 0.25) is 0 Å². The van der Waals surface area contributed by atoms with Crippen LogP contribution in [-0.4, -0.2) is 49.3 Å². The van der Waals surface area contributed by atoms with Gasteiger partial charge in [-0.3, -0.25) is 9.59 Å². The van der Waals surface area contributed by atoms with Crippen molar-refractivity contribution in [2.75, 3.05) is 13.2 Å². The first-order valence-electron chi connectivity index (χ1n) is 7.02. The lowest BCUT2D eigenvalue weighted by Gasteiger charge is -2.28. The number of rotatable bonds is 6. The molecule has 1 rings (SSSR count). The Morgan fingerprint density at radius 3 is 1.32 bits per heavy atom. The van der Waals surface area contributed by atoms with Crippen LogP contribution in [-0.2, 0) is 38.1 Å². The fourth-order valence-corrected chi connectivity index (χ4v) is 2.03. The van der Waals surface area contributed by atoms with Gasteiger partial charge in [-0.15, -0.1) is 0 Å². The zero-order valence-corrected chi connectivity index (χ0v) is 12.7. The van der Waals surface area contributed by atoms with Crippen molar-refractivity contribution in [3.8, 4) is 0 Å². The number of hydrogen-bond donors (Lipinski definition) is 0. The Balaban J connectivity index is 2.20. The largest absolute Gasteiger partial charge is 0.460 e. The molecule has 0 radical (unpaired) electrons. The predicted octanol–water partition coefficient (Wildman–Crippen LogP) is 0.510. The maximum atomic E-state index is 11.4. The Hall–Kier alpha value is -2.12. The average Bonchev–Trinajstić information content (AvgIpc) is 2.45. The quantitative estimate of drug-likeness (QED) is 0.515. The van der Waals surface area contributed by atoms with Gasteiger partial charge in [0, 0.05) is 13.8 Å². The van der Waals surface area contributed by atoms with Gasteiger partial charge in [-0.05, 0) is 25.7 Å². The lowest BCUT2D eigenvalue weighted by molar-refractivity contribution is -0.167. The molecule has 1 aliphatic carbocycles. The first kappa shape index (κ1) is 17.9. The van der Waals surface area contributed by atoms with Gasteiger partial charge in [0.25, 0.3) is 0 Å². The highest BCUT2D eigenvalue weighted by Gasteiger charge is 2.26. The Labute approximate surface area is 128 Å². The monoisotopic (exact) mass is 316 g/mol. The van der Waals surface area contributed by atoms with Crippen LogP contribution >= 0.6 is 0 Å². The molecule has 8 heteroatoms. The second-order valence-electron chi connectivity index (χ2n) is 4.94. The summed E-state index contributed by atoms with van der Waals surface area (Å²) >= 11 is 0. The van der Waals surface area contributed by atoms with Gasteiger partial charge in [0.15, 0.2) is 13.2 Å². The van der Waals surface area contributed by atoms with Crippen LogP contribution in [0.15, 0.2) is 0 Å². The third kappa shape index (κ3) is 7.61. The van der Waals surface area contributed by atoms with E-state index in [-0.39, 0.29) is 12.2 Å². The average molecular weight is 316 g/mol. The van der Waals surface area contributed by atoms with E-state index in [0.29, 0.717) is 25.7 Å². The molecule has 0 saturated heterocycles. The van der Waals surface area contributed by atoms with Crippen LogP contribution in [0, 0.1) is 0 Å². The highest BCUT2D eigenvalue weighted by molar-refractivity contribution is 5.75. The molecular formula is C14H20O8. The lowest BCUT2D eigenvalue weighted by Crippen LogP contribution is -2.31. The minimum Gasteiger partial charge on any atom is -0.460 e. The number of carbonyl (C=O) groups is 4. The van der Waals surface area contributed by atoms with E-state index in [1.54, 1.807) is 0 Å². The summed E-state index contributed by atoms with van der Waals surface area (Å²) in [5.74, 6) is -2.27. The van der Waals surface area contributed by atoms with E-state index in [1.807, 2.05) is 0 Å². The third-order valence-electron chi connectivity index (χ3n) is 3.00. The second-order valence-corrected chi connectivity index (χ2v) is 4.94. The summed E-state index contributed by atoms with van der Waals surface area (Å²) in [6.45, 7) is 1.63. The van der Waals surface area contributed by atoms with Gasteiger partial charge in [-0.2, -0.15) is 0 Å². The van der Waals surface area contributed by atoms with Gasteiger partial charge >= 0.3 is 23.9 Å². The SMILES string of the molecule is CC(=O)OCC(=O)OC1CCC(OC(=O)COC(C)=O)CC1. The van der Waals surface area contributed by atoms with Crippen molar-refractivity contribution in [2.45, 2.75) is 51.7 Å². The highest BCUT2D eigenvalue weighted by atomic mass is 16.6. The van der Waals surface area contributed by atoms with Crippen LogP contribution in [0.1, 0.15) is 39.5 Å². The van der Waals surface area contributed by atoms with Crippen molar-refractivity contribution < 1.29 is 38.1 Å². The third-order valence-corrected chi connectivity index (χ3v) is 3.00. The lowest BCUT2D eigenvalue weighted by atomic mass is 9.95. The molecule has 0 bridgehead atoms. The van der Waals surface area contributed by atoms with Gasteiger partial charge in [0.1, 0.15) is 12.2 Å². The van der Waals surface area contributed by atoms with E-state index >= 15 is 0 Å². The van der Waals surface area contributed by atoms with Crippen LogP contribution in [0.5, 0.6) is 0 Å². The van der Waals surface area contributed by atoms with Crippen LogP contribution in [0.4, 0.5) is 0 Å². The van der Waals surface area contributed by atoms with E-state index in [2.05, 4.69) is 9.47 Å². The van der Waals surface area contributed by atoms with Crippen molar-refractivity contribution in [1.29, 1.82) is 0 Å². The minimum absolute atomic E-state index is 0.272. The second kappa shape index (κ2) is 9.01. The maximum absolute atomic E-state index is 11.4. The summed E-state index contributed by atoms with van der Waals surface area (Å²) in [4.78, 5) is 43.9. The molecule has 22 heavy (non-hydrogen) atoms. The van der Waals surface area contributed by atoms with Crippen molar-refractivity contribution in [3.05, 3.63) is 0 Å². The van der Waals surface area contributed by atoms with Crippen molar-refractivity contribution >= 4 is 23.9 Å². The van der Waals surface area contributed by atoms with Crippen LogP contribution in [0.3, 0.4) is 0 Å². The smallest absolute Gasteiger partial charge is 0.344 e. The highest BCUT2D eigenvalue weighted by Crippen LogP contribution is 2.23. The van der Waals surface area contributed by atoms with Crippen molar-refractivity contribution in [2.24, 2.45) is 0 Å². The summed E-state index contributed by atoms with van der Waals surface area (Å²) in [6, 6.07) is 0. The Kier molecular flexibility index (Phi) is 7.34. The molecule has 1 saturated carbocycles. The maximum Gasteiger partial charge on any atom is 0.344 e. The van der Waals surface area contributed by atoms with E-state index in [4.69, 9.17) is 9.47 Å². The molecule has 0 aromatic rings. The molecule has 0 aromatic heterocycles. The van der Waals surface area contributed by atoms with Gasteiger partial charge in [-0.25, -0.2) is 9.59 Å². The number of carbonyl (C=O) groups excluding carboxylic acids is 4. The van der Waals surface area contributed by atoms with Crippen molar-refractivity contribution in [3.63, 3.8) is 0 Å². The molecule has 0 unspecified atom stereocenters. The zero-order chi connectivity index (χ0) is 16.5. The fourth-order valence-electron chi connectivity index (χ4n) is 2.03. The zero-order valence-electron chi connectivity index (χ0n) is 12.7. The van der Waals surface area contributed by atoms with Gasteiger partial charge in [0.2, 0.25) is 0 Å². The number of esters is 4. The van der Waals surface area contributed by atoms with Crippen LogP contribution in [0.25, 0.3) is 0 Å². The van der Waals surface area contributed by atoms with Gasteiger partial charge < -0.3 is 18.9 Å². The topological polar surface area (TPSA) is 105 Å². The van der Waals surface area contributed by atoms with Gasteiger partial charge in [-0.1, -0.05) is 0 Å². The summed E-state index contributed by atoms with van der Waals surface area (Å²) in [5.41, 5.74) is 0. The summed E-state index contributed by atoms with van der Waals surface area (Å²) in [7, 11) is 0.